The van der Waals surface area contributed by atoms with Crippen LogP contribution in [0.5, 0.6) is 5.75 Å². The highest BCUT2D eigenvalue weighted by molar-refractivity contribution is 6.32. The maximum Gasteiger partial charge on any atom is 0.140 e. The summed E-state index contributed by atoms with van der Waals surface area (Å²) in [4.78, 5) is 0. The molecule has 1 aromatic rings. The summed E-state index contributed by atoms with van der Waals surface area (Å²) < 4.78 is 10.9. The number of ether oxygens (including phenoxy) is 2. The summed E-state index contributed by atoms with van der Waals surface area (Å²) >= 11 is 5.95. The molecule has 1 atom stereocenters. The van der Waals surface area contributed by atoms with Gasteiger partial charge in [-0.15, -0.1) is 0 Å². The Morgan fingerprint density at radius 2 is 2.36 bits per heavy atom. The standard InChI is InChI=1S/C10H12ClNO2/c11-9-2-1-7(12)5-10(9)14-8-3-4-13-6-8/h1-2,5,8H,3-4,6,12H2/t8-/m0/s1. The van der Waals surface area contributed by atoms with E-state index in [1.54, 1.807) is 18.2 Å². The van der Waals surface area contributed by atoms with Crippen molar-refractivity contribution in [3.05, 3.63) is 23.2 Å². The molecule has 76 valence electrons. The van der Waals surface area contributed by atoms with Crippen LogP contribution in [0.25, 0.3) is 0 Å². The van der Waals surface area contributed by atoms with Crippen molar-refractivity contribution in [2.24, 2.45) is 0 Å². The van der Waals surface area contributed by atoms with E-state index in [4.69, 9.17) is 26.8 Å². The SMILES string of the molecule is Nc1ccc(Cl)c(O[C@H]2CCOC2)c1. The predicted octanol–water partition coefficient (Wildman–Crippen LogP) is 2.09. The Balaban J connectivity index is 2.10. The number of anilines is 1. The van der Waals surface area contributed by atoms with E-state index in [1.807, 2.05) is 0 Å². The van der Waals surface area contributed by atoms with Crippen LogP contribution in [-0.2, 0) is 4.74 Å². The van der Waals surface area contributed by atoms with Gasteiger partial charge in [0.05, 0.1) is 18.2 Å². The molecule has 1 heterocycles. The van der Waals surface area contributed by atoms with Gasteiger partial charge in [-0.3, -0.25) is 0 Å². The molecule has 0 radical (unpaired) electrons. The van der Waals surface area contributed by atoms with Crippen LogP contribution in [0.3, 0.4) is 0 Å². The van der Waals surface area contributed by atoms with Gasteiger partial charge in [0.1, 0.15) is 11.9 Å². The lowest BCUT2D eigenvalue weighted by Crippen LogP contribution is -2.15. The molecule has 2 N–H and O–H groups in total. The number of hydrogen-bond acceptors (Lipinski definition) is 3. The summed E-state index contributed by atoms with van der Waals surface area (Å²) in [6, 6.07) is 5.23. The lowest BCUT2D eigenvalue weighted by Gasteiger charge is -2.13. The molecular formula is C10H12ClNO2. The molecule has 2 rings (SSSR count). The number of halogens is 1. The second kappa shape index (κ2) is 4.07. The summed E-state index contributed by atoms with van der Waals surface area (Å²) in [5, 5.41) is 0.589. The molecule has 0 aliphatic carbocycles. The molecule has 4 heteroatoms. The van der Waals surface area contributed by atoms with E-state index in [0.717, 1.165) is 13.0 Å². The van der Waals surface area contributed by atoms with E-state index in [-0.39, 0.29) is 6.10 Å². The average molecular weight is 214 g/mol. The van der Waals surface area contributed by atoms with Gasteiger partial charge in [0.15, 0.2) is 0 Å². The van der Waals surface area contributed by atoms with Crippen LogP contribution in [-0.4, -0.2) is 19.3 Å². The Morgan fingerprint density at radius 1 is 1.50 bits per heavy atom. The third kappa shape index (κ3) is 2.11. The maximum absolute atomic E-state index is 5.95. The number of hydrogen-bond donors (Lipinski definition) is 1. The molecule has 0 saturated carbocycles. The van der Waals surface area contributed by atoms with Gasteiger partial charge in [-0.25, -0.2) is 0 Å². The molecule has 1 aliphatic rings. The van der Waals surface area contributed by atoms with Crippen molar-refractivity contribution < 1.29 is 9.47 Å². The fourth-order valence-corrected chi connectivity index (χ4v) is 1.56. The highest BCUT2D eigenvalue weighted by Gasteiger charge is 2.18. The fraction of sp³-hybridized carbons (Fsp3) is 0.400. The van der Waals surface area contributed by atoms with Gasteiger partial charge in [-0.05, 0) is 12.1 Å². The largest absolute Gasteiger partial charge is 0.486 e. The first kappa shape index (κ1) is 9.62. The minimum absolute atomic E-state index is 0.106. The highest BCUT2D eigenvalue weighted by Crippen LogP contribution is 2.28. The molecule has 0 spiro atoms. The third-order valence-corrected chi connectivity index (χ3v) is 2.45. The van der Waals surface area contributed by atoms with E-state index in [1.165, 1.54) is 0 Å². The second-order valence-electron chi connectivity index (χ2n) is 3.29. The normalized spacial score (nSPS) is 21.1. The first-order chi connectivity index (χ1) is 6.75. The smallest absolute Gasteiger partial charge is 0.140 e. The van der Waals surface area contributed by atoms with Gasteiger partial charge >= 0.3 is 0 Å². The quantitative estimate of drug-likeness (QED) is 0.766. The molecule has 3 nitrogen and oxygen atoms in total. The second-order valence-corrected chi connectivity index (χ2v) is 3.70. The zero-order valence-corrected chi connectivity index (χ0v) is 8.46. The van der Waals surface area contributed by atoms with Gasteiger partial charge in [0.25, 0.3) is 0 Å². The van der Waals surface area contributed by atoms with Crippen LogP contribution in [0.2, 0.25) is 5.02 Å². The first-order valence-electron chi connectivity index (χ1n) is 4.55. The Bertz CT molecular complexity index is 324. The molecule has 1 aliphatic heterocycles. The Kier molecular flexibility index (Phi) is 2.79. The first-order valence-corrected chi connectivity index (χ1v) is 4.93. The lowest BCUT2D eigenvalue weighted by atomic mass is 10.3. The Labute approximate surface area is 87.8 Å². The summed E-state index contributed by atoms with van der Waals surface area (Å²) in [5.41, 5.74) is 6.29. The van der Waals surface area contributed by atoms with Crippen LogP contribution in [0, 0.1) is 0 Å². The summed E-state index contributed by atoms with van der Waals surface area (Å²) in [7, 11) is 0. The van der Waals surface area contributed by atoms with E-state index in [0.29, 0.717) is 23.1 Å². The number of rotatable bonds is 2. The molecule has 14 heavy (non-hydrogen) atoms. The topological polar surface area (TPSA) is 44.5 Å². The maximum atomic E-state index is 5.95. The molecule has 0 aromatic heterocycles. The van der Waals surface area contributed by atoms with Gasteiger partial charge in [0.2, 0.25) is 0 Å². The molecule has 1 saturated heterocycles. The molecular weight excluding hydrogens is 202 g/mol. The van der Waals surface area contributed by atoms with Crippen LogP contribution in [0.4, 0.5) is 5.69 Å². The van der Waals surface area contributed by atoms with Crippen molar-refractivity contribution in [2.45, 2.75) is 12.5 Å². The zero-order valence-electron chi connectivity index (χ0n) is 7.70. The number of nitrogen functional groups attached to an aromatic ring is 1. The Hall–Kier alpha value is -0.930. The molecule has 0 unspecified atom stereocenters. The monoisotopic (exact) mass is 213 g/mol. The van der Waals surface area contributed by atoms with Crippen molar-refractivity contribution >= 4 is 17.3 Å². The van der Waals surface area contributed by atoms with Gasteiger partial charge < -0.3 is 15.2 Å². The van der Waals surface area contributed by atoms with Gasteiger partial charge in [-0.1, -0.05) is 11.6 Å². The minimum Gasteiger partial charge on any atom is -0.486 e. The van der Waals surface area contributed by atoms with E-state index >= 15 is 0 Å². The van der Waals surface area contributed by atoms with E-state index in [9.17, 15) is 0 Å². The van der Waals surface area contributed by atoms with Crippen LogP contribution in [0.1, 0.15) is 6.42 Å². The molecule has 0 amide bonds. The van der Waals surface area contributed by atoms with Gasteiger partial charge in [0, 0.05) is 18.2 Å². The molecule has 1 aromatic carbocycles. The number of nitrogens with two attached hydrogens (primary N) is 1. The van der Waals surface area contributed by atoms with Crippen molar-refractivity contribution in [1.29, 1.82) is 0 Å². The van der Waals surface area contributed by atoms with Crippen molar-refractivity contribution in [1.82, 2.24) is 0 Å². The number of benzene rings is 1. The molecule has 0 bridgehead atoms. The minimum atomic E-state index is 0.106. The van der Waals surface area contributed by atoms with Crippen LogP contribution >= 0.6 is 11.6 Å². The van der Waals surface area contributed by atoms with E-state index in [2.05, 4.69) is 0 Å². The van der Waals surface area contributed by atoms with Crippen molar-refractivity contribution in [3.8, 4) is 5.75 Å². The van der Waals surface area contributed by atoms with E-state index < -0.39 is 0 Å². The van der Waals surface area contributed by atoms with Crippen molar-refractivity contribution in [2.75, 3.05) is 18.9 Å². The third-order valence-electron chi connectivity index (χ3n) is 2.14. The van der Waals surface area contributed by atoms with Gasteiger partial charge in [-0.2, -0.15) is 0 Å². The zero-order chi connectivity index (χ0) is 9.97. The summed E-state index contributed by atoms with van der Waals surface area (Å²) in [6.07, 6.45) is 1.01. The highest BCUT2D eigenvalue weighted by atomic mass is 35.5. The van der Waals surface area contributed by atoms with Crippen LogP contribution < -0.4 is 10.5 Å². The fourth-order valence-electron chi connectivity index (χ4n) is 1.40. The Morgan fingerprint density at radius 3 is 3.07 bits per heavy atom. The lowest BCUT2D eigenvalue weighted by molar-refractivity contribution is 0.141. The summed E-state index contributed by atoms with van der Waals surface area (Å²) in [5.74, 6) is 0.641. The average Bonchev–Trinajstić information content (AvgIpc) is 2.64. The molecule has 1 fully saturated rings. The summed E-state index contributed by atoms with van der Waals surface area (Å²) in [6.45, 7) is 1.38. The van der Waals surface area contributed by atoms with Crippen LogP contribution in [0.15, 0.2) is 18.2 Å². The predicted molar refractivity (Wildman–Crippen MR) is 55.7 cm³/mol. The van der Waals surface area contributed by atoms with Crippen molar-refractivity contribution in [3.63, 3.8) is 0 Å².